The van der Waals surface area contributed by atoms with Crippen molar-refractivity contribution in [3.8, 4) is 0 Å². The van der Waals surface area contributed by atoms with Gasteiger partial charge < -0.3 is 0 Å². The van der Waals surface area contributed by atoms with Crippen molar-refractivity contribution >= 4 is 10.8 Å². The normalized spacial score (nSPS) is 12.8. The van der Waals surface area contributed by atoms with Crippen molar-refractivity contribution in [1.29, 1.82) is 0 Å². The summed E-state index contributed by atoms with van der Waals surface area (Å²) in [5.74, 6) is 0.377. The highest BCUT2D eigenvalue weighted by Gasteiger charge is 2.21. The fourth-order valence-corrected chi connectivity index (χ4v) is 6.18. The fraction of sp³-hybridized carbons (Fsp3) is 0.150. The zero-order valence-corrected chi connectivity index (χ0v) is 23.9. The van der Waals surface area contributed by atoms with Crippen LogP contribution in [0.4, 0.5) is 0 Å². The summed E-state index contributed by atoms with van der Waals surface area (Å²) < 4.78 is 0. The predicted molar refractivity (Wildman–Crippen MR) is 171 cm³/mol. The van der Waals surface area contributed by atoms with Gasteiger partial charge in [-0.3, -0.25) is 0 Å². The lowest BCUT2D eigenvalue weighted by Crippen LogP contribution is -2.06. The zero-order chi connectivity index (χ0) is 27.6. The highest BCUT2D eigenvalue weighted by Crippen LogP contribution is 2.39. The first-order valence-corrected chi connectivity index (χ1v) is 14.3. The molecule has 2 atom stereocenters. The summed E-state index contributed by atoms with van der Waals surface area (Å²) in [6.07, 6.45) is 0. The van der Waals surface area contributed by atoms with Crippen LogP contribution in [0.15, 0.2) is 133 Å². The van der Waals surface area contributed by atoms with Crippen molar-refractivity contribution in [3.05, 3.63) is 189 Å². The minimum absolute atomic E-state index is 0.189. The number of benzene rings is 6. The molecule has 0 aliphatic carbocycles. The highest BCUT2D eigenvalue weighted by molar-refractivity contribution is 5.90. The van der Waals surface area contributed by atoms with E-state index in [4.69, 9.17) is 0 Å². The van der Waals surface area contributed by atoms with Crippen molar-refractivity contribution in [2.75, 3.05) is 0 Å². The molecular formula is C40H36. The van der Waals surface area contributed by atoms with Crippen molar-refractivity contribution in [2.24, 2.45) is 0 Å². The Kier molecular flexibility index (Phi) is 7.10. The molecule has 0 amide bonds. The number of rotatable bonds is 6. The number of fused-ring (bicyclic) bond motifs is 1. The summed E-state index contributed by atoms with van der Waals surface area (Å²) in [6, 6.07) is 49.6. The lowest BCUT2D eigenvalue weighted by atomic mass is 9.80. The fourth-order valence-electron chi connectivity index (χ4n) is 6.18. The highest BCUT2D eigenvalue weighted by atomic mass is 14.2. The van der Waals surface area contributed by atoms with Crippen molar-refractivity contribution in [3.63, 3.8) is 0 Å². The van der Waals surface area contributed by atoms with Crippen LogP contribution in [0.5, 0.6) is 0 Å². The Morgan fingerprint density at radius 2 is 0.650 bits per heavy atom. The first kappa shape index (κ1) is 25.8. The van der Waals surface area contributed by atoms with Crippen LogP contribution < -0.4 is 0 Å². The third-order valence-corrected chi connectivity index (χ3v) is 8.28. The quantitative estimate of drug-likeness (QED) is 0.193. The molecule has 0 saturated heterocycles. The molecule has 0 heteroatoms. The Bertz CT molecular complexity index is 1610. The van der Waals surface area contributed by atoms with E-state index in [0.29, 0.717) is 0 Å². The Labute approximate surface area is 239 Å². The molecule has 0 fully saturated rings. The standard InChI is InChI=1S/C40H36/c1-27-15-19-33(20-16-27)39(31-11-7-5-8-12-31)35-23-29(3)38-26-36(24-30(4)37(38)25-35)40(32-13-9-6-10-14-32)34-21-17-28(2)18-22-34/h5-26,39-40H,1-4H3. The Morgan fingerprint density at radius 3 is 1.00 bits per heavy atom. The number of hydrogen-bond donors (Lipinski definition) is 0. The second-order valence-corrected chi connectivity index (χ2v) is 11.3. The van der Waals surface area contributed by atoms with Gasteiger partial charge in [0.2, 0.25) is 0 Å². The van der Waals surface area contributed by atoms with Crippen molar-refractivity contribution in [1.82, 2.24) is 0 Å². The first-order valence-electron chi connectivity index (χ1n) is 14.3. The molecular weight excluding hydrogens is 480 g/mol. The van der Waals surface area contributed by atoms with Gasteiger partial charge in [0, 0.05) is 11.8 Å². The van der Waals surface area contributed by atoms with Gasteiger partial charge in [0.25, 0.3) is 0 Å². The van der Waals surface area contributed by atoms with Gasteiger partial charge >= 0.3 is 0 Å². The summed E-state index contributed by atoms with van der Waals surface area (Å²) in [5.41, 5.74) is 13.2. The summed E-state index contributed by atoms with van der Waals surface area (Å²) in [5, 5.41) is 2.67. The molecule has 0 aliphatic heterocycles. The van der Waals surface area contributed by atoms with E-state index in [1.54, 1.807) is 0 Å². The van der Waals surface area contributed by atoms with Crippen molar-refractivity contribution in [2.45, 2.75) is 39.5 Å². The summed E-state index contributed by atoms with van der Waals surface area (Å²) in [4.78, 5) is 0. The molecule has 0 aromatic heterocycles. The van der Waals surface area contributed by atoms with Gasteiger partial charge in [-0.15, -0.1) is 0 Å². The van der Waals surface area contributed by atoms with E-state index in [1.165, 1.54) is 66.4 Å². The maximum Gasteiger partial charge on any atom is 0.0340 e. The van der Waals surface area contributed by atoms with Crippen LogP contribution in [0.2, 0.25) is 0 Å². The van der Waals surface area contributed by atoms with Crippen molar-refractivity contribution < 1.29 is 0 Å². The lowest BCUT2D eigenvalue weighted by Gasteiger charge is -2.23. The SMILES string of the molecule is Cc1ccc(C(c2ccccc2)c2cc(C)c3cc(C(c4ccccc4)c4ccc(C)cc4)cc(C)c3c2)cc1. The van der Waals surface area contributed by atoms with E-state index in [0.717, 1.165) is 0 Å². The van der Waals surface area contributed by atoms with Gasteiger partial charge in [0.1, 0.15) is 0 Å². The van der Waals surface area contributed by atoms with Crippen LogP contribution in [0.25, 0.3) is 10.8 Å². The van der Waals surface area contributed by atoms with E-state index in [-0.39, 0.29) is 11.8 Å². The summed E-state index contributed by atoms with van der Waals surface area (Å²) in [7, 11) is 0. The minimum atomic E-state index is 0.189. The molecule has 2 unspecified atom stereocenters. The van der Waals surface area contributed by atoms with Crippen LogP contribution in [0, 0.1) is 27.7 Å². The monoisotopic (exact) mass is 516 g/mol. The third kappa shape index (κ3) is 5.10. The van der Waals surface area contributed by atoms with Crippen LogP contribution in [0.3, 0.4) is 0 Å². The van der Waals surface area contributed by atoms with Crippen LogP contribution >= 0.6 is 0 Å². The summed E-state index contributed by atoms with van der Waals surface area (Å²) >= 11 is 0. The Morgan fingerprint density at radius 1 is 0.325 bits per heavy atom. The molecule has 0 N–H and O–H groups in total. The average Bonchev–Trinajstić information content (AvgIpc) is 2.97. The smallest absolute Gasteiger partial charge is 0.0340 e. The largest absolute Gasteiger partial charge is 0.0622 e. The minimum Gasteiger partial charge on any atom is -0.0622 e. The number of hydrogen-bond acceptors (Lipinski definition) is 0. The molecule has 6 aromatic rings. The van der Waals surface area contributed by atoms with E-state index in [2.05, 4.69) is 161 Å². The molecule has 196 valence electrons. The van der Waals surface area contributed by atoms with E-state index in [9.17, 15) is 0 Å². The number of aryl methyl sites for hydroxylation is 4. The van der Waals surface area contributed by atoms with Crippen LogP contribution in [0.1, 0.15) is 67.5 Å². The van der Waals surface area contributed by atoms with Gasteiger partial charge in [-0.25, -0.2) is 0 Å². The van der Waals surface area contributed by atoms with Crippen LogP contribution in [-0.4, -0.2) is 0 Å². The molecule has 0 saturated carbocycles. The topological polar surface area (TPSA) is 0 Å². The molecule has 0 bridgehead atoms. The Hall–Kier alpha value is -4.42. The Balaban J connectivity index is 1.51. The van der Waals surface area contributed by atoms with Gasteiger partial charge in [0.15, 0.2) is 0 Å². The molecule has 0 radical (unpaired) electrons. The molecule has 0 nitrogen and oxygen atoms in total. The zero-order valence-electron chi connectivity index (χ0n) is 23.9. The molecule has 40 heavy (non-hydrogen) atoms. The van der Waals surface area contributed by atoms with Crippen LogP contribution in [-0.2, 0) is 0 Å². The van der Waals surface area contributed by atoms with Gasteiger partial charge in [-0.2, -0.15) is 0 Å². The summed E-state index contributed by atoms with van der Waals surface area (Å²) in [6.45, 7) is 8.86. The maximum atomic E-state index is 2.43. The van der Waals surface area contributed by atoms with Gasteiger partial charge in [-0.1, -0.05) is 132 Å². The molecule has 0 spiro atoms. The van der Waals surface area contributed by atoms with E-state index >= 15 is 0 Å². The van der Waals surface area contributed by atoms with Gasteiger partial charge in [-0.05, 0) is 95.1 Å². The second kappa shape index (κ2) is 11.0. The lowest BCUT2D eigenvalue weighted by molar-refractivity contribution is 0.970. The van der Waals surface area contributed by atoms with E-state index in [1.807, 2.05) is 0 Å². The first-order chi connectivity index (χ1) is 19.5. The predicted octanol–water partition coefficient (Wildman–Crippen LogP) is 10.4. The third-order valence-electron chi connectivity index (χ3n) is 8.28. The molecule has 0 aliphatic rings. The molecule has 6 aromatic carbocycles. The van der Waals surface area contributed by atoms with Gasteiger partial charge in [0.05, 0.1) is 0 Å². The second-order valence-electron chi connectivity index (χ2n) is 11.3. The van der Waals surface area contributed by atoms with E-state index < -0.39 is 0 Å². The molecule has 6 rings (SSSR count). The average molecular weight is 517 g/mol. The molecule has 0 heterocycles. The maximum absolute atomic E-state index is 2.43.